The first-order chi connectivity index (χ1) is 7.22. The van der Waals surface area contributed by atoms with Gasteiger partial charge in [-0.2, -0.15) is 0 Å². The molecule has 3 N–H and O–H groups in total. The fourth-order valence-corrected chi connectivity index (χ4v) is 0.979. The number of nitrogens with two attached hydrogens (primary N) is 1. The molecule has 0 spiro atoms. The molecule has 4 heteroatoms. The largest absolute Gasteiger partial charge is 0.465 e. The number of rotatable bonds is 5. The zero-order chi connectivity index (χ0) is 11.1. The van der Waals surface area contributed by atoms with E-state index in [1.165, 1.54) is 6.08 Å². The van der Waals surface area contributed by atoms with Gasteiger partial charge in [-0.3, -0.25) is 4.79 Å². The Labute approximate surface area is 89.1 Å². The molecular formula is C11H16N2O2. The minimum absolute atomic E-state index is 0.0194. The van der Waals surface area contributed by atoms with Crippen LogP contribution in [0.25, 0.3) is 6.08 Å². The van der Waals surface area contributed by atoms with E-state index in [1.54, 1.807) is 24.5 Å². The van der Waals surface area contributed by atoms with E-state index in [0.29, 0.717) is 12.3 Å². The topological polar surface area (TPSA) is 68.3 Å². The Morgan fingerprint density at radius 2 is 2.53 bits per heavy atom. The van der Waals surface area contributed by atoms with Crippen molar-refractivity contribution in [3.05, 3.63) is 30.2 Å². The van der Waals surface area contributed by atoms with Gasteiger partial charge in [0.1, 0.15) is 5.76 Å². The lowest BCUT2D eigenvalue weighted by atomic mass is 10.2. The molecule has 0 aliphatic rings. The van der Waals surface area contributed by atoms with Crippen LogP contribution in [0.2, 0.25) is 0 Å². The quantitative estimate of drug-likeness (QED) is 0.713. The summed E-state index contributed by atoms with van der Waals surface area (Å²) in [6.45, 7) is 2.48. The van der Waals surface area contributed by atoms with Crippen LogP contribution in [0.1, 0.15) is 19.1 Å². The van der Waals surface area contributed by atoms with Crippen molar-refractivity contribution in [2.75, 3.05) is 6.54 Å². The molecule has 0 radical (unpaired) electrons. The predicted molar refractivity (Wildman–Crippen MR) is 59.0 cm³/mol. The lowest BCUT2D eigenvalue weighted by molar-refractivity contribution is -0.116. The van der Waals surface area contributed by atoms with E-state index in [1.807, 2.05) is 6.92 Å². The molecule has 1 heterocycles. The van der Waals surface area contributed by atoms with Gasteiger partial charge in [-0.25, -0.2) is 0 Å². The monoisotopic (exact) mass is 208 g/mol. The number of amides is 1. The average molecular weight is 208 g/mol. The van der Waals surface area contributed by atoms with E-state index in [9.17, 15) is 4.79 Å². The highest BCUT2D eigenvalue weighted by Crippen LogP contribution is 2.01. The molecule has 4 nitrogen and oxygen atoms in total. The van der Waals surface area contributed by atoms with Gasteiger partial charge >= 0.3 is 0 Å². The molecule has 1 aromatic heterocycles. The summed E-state index contributed by atoms with van der Waals surface area (Å²) >= 11 is 0. The molecular weight excluding hydrogens is 192 g/mol. The van der Waals surface area contributed by atoms with Gasteiger partial charge in [-0.05, 0) is 24.6 Å². The summed E-state index contributed by atoms with van der Waals surface area (Å²) in [6.07, 6.45) is 5.46. The van der Waals surface area contributed by atoms with Crippen LogP contribution in [-0.4, -0.2) is 18.5 Å². The molecule has 0 fully saturated rings. The second-order valence-electron chi connectivity index (χ2n) is 3.26. The maximum absolute atomic E-state index is 11.3. The highest BCUT2D eigenvalue weighted by Gasteiger charge is 2.00. The van der Waals surface area contributed by atoms with Crippen LogP contribution in [0, 0.1) is 0 Å². The maximum Gasteiger partial charge on any atom is 0.244 e. The molecule has 1 amide bonds. The van der Waals surface area contributed by atoms with Gasteiger partial charge < -0.3 is 15.5 Å². The number of carbonyl (C=O) groups excluding carboxylic acids is 1. The maximum atomic E-state index is 11.3. The number of hydrogen-bond acceptors (Lipinski definition) is 3. The summed E-state index contributed by atoms with van der Waals surface area (Å²) in [6, 6.07) is 3.57. The standard InChI is InChI=1S/C11H16N2O2/c1-2-9(12)8-13-11(14)6-5-10-4-3-7-15-10/h3-7,9H,2,8,12H2,1H3,(H,13,14). The molecule has 0 saturated heterocycles. The second-order valence-corrected chi connectivity index (χ2v) is 3.26. The van der Waals surface area contributed by atoms with Crippen molar-refractivity contribution in [2.24, 2.45) is 5.73 Å². The Kier molecular flexibility index (Phi) is 4.63. The molecule has 82 valence electrons. The fourth-order valence-electron chi connectivity index (χ4n) is 0.979. The highest BCUT2D eigenvalue weighted by molar-refractivity contribution is 5.91. The Morgan fingerprint density at radius 3 is 3.13 bits per heavy atom. The van der Waals surface area contributed by atoms with E-state index in [-0.39, 0.29) is 11.9 Å². The van der Waals surface area contributed by atoms with Crippen molar-refractivity contribution in [2.45, 2.75) is 19.4 Å². The Balaban J connectivity index is 2.30. The van der Waals surface area contributed by atoms with Crippen LogP contribution in [0.4, 0.5) is 0 Å². The van der Waals surface area contributed by atoms with Crippen LogP contribution in [0.3, 0.4) is 0 Å². The minimum atomic E-state index is -0.157. The molecule has 0 aromatic carbocycles. The van der Waals surface area contributed by atoms with E-state index in [2.05, 4.69) is 5.32 Å². The van der Waals surface area contributed by atoms with Gasteiger partial charge in [0.15, 0.2) is 0 Å². The summed E-state index contributed by atoms with van der Waals surface area (Å²) in [5.41, 5.74) is 5.65. The van der Waals surface area contributed by atoms with Crippen LogP contribution in [0.5, 0.6) is 0 Å². The van der Waals surface area contributed by atoms with E-state index < -0.39 is 0 Å². The van der Waals surface area contributed by atoms with E-state index >= 15 is 0 Å². The number of furan rings is 1. The summed E-state index contributed by atoms with van der Waals surface area (Å²) in [4.78, 5) is 11.3. The molecule has 1 rings (SSSR count). The predicted octanol–water partition coefficient (Wildman–Crippen LogP) is 1.15. The molecule has 0 aliphatic carbocycles. The molecule has 1 aromatic rings. The van der Waals surface area contributed by atoms with Crippen LogP contribution in [0.15, 0.2) is 28.9 Å². The Bertz CT molecular complexity index is 317. The Hall–Kier alpha value is -1.55. The van der Waals surface area contributed by atoms with Crippen LogP contribution >= 0.6 is 0 Å². The van der Waals surface area contributed by atoms with Crippen molar-refractivity contribution in [1.82, 2.24) is 5.32 Å². The van der Waals surface area contributed by atoms with Crippen molar-refractivity contribution >= 4 is 12.0 Å². The second kappa shape index (κ2) is 6.03. The summed E-state index contributed by atoms with van der Waals surface area (Å²) < 4.78 is 5.04. The SMILES string of the molecule is CCC(N)CNC(=O)C=Cc1ccco1. The van der Waals surface area contributed by atoms with Crippen molar-refractivity contribution < 1.29 is 9.21 Å². The Morgan fingerprint density at radius 1 is 1.73 bits per heavy atom. The van der Waals surface area contributed by atoms with Gasteiger partial charge in [-0.1, -0.05) is 6.92 Å². The van der Waals surface area contributed by atoms with E-state index in [4.69, 9.17) is 10.2 Å². The van der Waals surface area contributed by atoms with Crippen LogP contribution in [-0.2, 0) is 4.79 Å². The normalized spacial score (nSPS) is 12.9. The van der Waals surface area contributed by atoms with Crippen LogP contribution < -0.4 is 11.1 Å². The molecule has 0 aliphatic heterocycles. The van der Waals surface area contributed by atoms with Crippen molar-refractivity contribution in [3.8, 4) is 0 Å². The smallest absolute Gasteiger partial charge is 0.244 e. The molecule has 1 atom stereocenters. The fraction of sp³-hybridized carbons (Fsp3) is 0.364. The van der Waals surface area contributed by atoms with Crippen molar-refractivity contribution in [1.29, 1.82) is 0 Å². The van der Waals surface area contributed by atoms with Gasteiger partial charge in [0, 0.05) is 18.7 Å². The first-order valence-electron chi connectivity index (χ1n) is 4.97. The molecule has 1 unspecified atom stereocenters. The zero-order valence-corrected chi connectivity index (χ0v) is 8.77. The summed E-state index contributed by atoms with van der Waals surface area (Å²) in [5, 5.41) is 2.70. The number of nitrogens with one attached hydrogen (secondary N) is 1. The lowest BCUT2D eigenvalue weighted by Gasteiger charge is -2.07. The van der Waals surface area contributed by atoms with Gasteiger partial charge in [0.25, 0.3) is 0 Å². The van der Waals surface area contributed by atoms with E-state index in [0.717, 1.165) is 6.42 Å². The minimum Gasteiger partial charge on any atom is -0.465 e. The third-order valence-corrected chi connectivity index (χ3v) is 2.01. The third kappa shape index (κ3) is 4.46. The number of carbonyl (C=O) groups is 1. The molecule has 0 saturated carbocycles. The summed E-state index contributed by atoms with van der Waals surface area (Å²) in [7, 11) is 0. The first kappa shape index (κ1) is 11.5. The number of hydrogen-bond donors (Lipinski definition) is 2. The van der Waals surface area contributed by atoms with Crippen molar-refractivity contribution in [3.63, 3.8) is 0 Å². The zero-order valence-electron chi connectivity index (χ0n) is 8.77. The van der Waals surface area contributed by atoms with Gasteiger partial charge in [-0.15, -0.1) is 0 Å². The lowest BCUT2D eigenvalue weighted by Crippen LogP contribution is -2.35. The average Bonchev–Trinajstić information content (AvgIpc) is 2.75. The first-order valence-corrected chi connectivity index (χ1v) is 4.97. The highest BCUT2D eigenvalue weighted by atomic mass is 16.3. The molecule has 15 heavy (non-hydrogen) atoms. The molecule has 0 bridgehead atoms. The van der Waals surface area contributed by atoms with Gasteiger partial charge in [0.05, 0.1) is 6.26 Å². The summed E-state index contributed by atoms with van der Waals surface area (Å²) in [5.74, 6) is 0.500. The third-order valence-electron chi connectivity index (χ3n) is 2.01. The van der Waals surface area contributed by atoms with Gasteiger partial charge in [0.2, 0.25) is 5.91 Å².